The molecule has 0 radical (unpaired) electrons. The Labute approximate surface area is 229 Å². The van der Waals surface area contributed by atoms with Crippen LogP contribution in [-0.2, 0) is 10.0 Å². The largest absolute Gasteiger partial charge is 0.494 e. The van der Waals surface area contributed by atoms with Crippen molar-refractivity contribution in [3.8, 4) is 5.88 Å². The zero-order chi connectivity index (χ0) is 27.4. The van der Waals surface area contributed by atoms with Gasteiger partial charge < -0.3 is 10.1 Å². The van der Waals surface area contributed by atoms with E-state index < -0.39 is 15.3 Å². The first-order valence-corrected chi connectivity index (χ1v) is 15.0. The van der Waals surface area contributed by atoms with Crippen molar-refractivity contribution >= 4 is 43.7 Å². The van der Waals surface area contributed by atoms with Gasteiger partial charge in [0.15, 0.2) is 5.88 Å². The minimum atomic E-state index is -3.53. The summed E-state index contributed by atoms with van der Waals surface area (Å²) in [5.74, 6) is -0.0306. The van der Waals surface area contributed by atoms with Crippen molar-refractivity contribution in [2.24, 2.45) is 9.98 Å². The minimum Gasteiger partial charge on any atom is -0.494 e. The van der Waals surface area contributed by atoms with E-state index in [1.54, 1.807) is 32.0 Å². The molecule has 4 aromatic rings. The van der Waals surface area contributed by atoms with Gasteiger partial charge in [-0.1, -0.05) is 55.3 Å². The van der Waals surface area contributed by atoms with Gasteiger partial charge in [0.05, 0.1) is 22.2 Å². The number of aromatic hydroxyl groups is 1. The Morgan fingerprint density at radius 2 is 1.72 bits per heavy atom. The van der Waals surface area contributed by atoms with E-state index in [2.05, 4.69) is 21.8 Å². The highest BCUT2D eigenvalue weighted by atomic mass is 32.2. The summed E-state index contributed by atoms with van der Waals surface area (Å²) < 4.78 is 27.6. The van der Waals surface area contributed by atoms with Crippen molar-refractivity contribution in [1.29, 1.82) is 0 Å². The number of rotatable bonds is 7. The molecule has 8 heteroatoms. The fourth-order valence-corrected chi connectivity index (χ4v) is 5.46. The van der Waals surface area contributed by atoms with Crippen LogP contribution < -0.4 is 4.72 Å². The quantitative estimate of drug-likeness (QED) is 0.220. The first kappa shape index (κ1) is 26.7. The molecule has 3 aromatic carbocycles. The van der Waals surface area contributed by atoms with Gasteiger partial charge in [0, 0.05) is 34.4 Å². The first-order chi connectivity index (χ1) is 18.8. The van der Waals surface area contributed by atoms with E-state index in [0.717, 1.165) is 48.3 Å². The van der Waals surface area contributed by atoms with Gasteiger partial charge in [-0.05, 0) is 69.0 Å². The molecule has 1 aliphatic heterocycles. The molecule has 0 spiro atoms. The lowest BCUT2D eigenvalue weighted by Gasteiger charge is -2.12. The van der Waals surface area contributed by atoms with Crippen LogP contribution in [0.5, 0.6) is 5.88 Å². The Balaban J connectivity index is 1.58. The standard InChI is InChI=1S/C31H34N4O3S/c1-21(2)39(37,38)35-25-17-18-28-26(20-25)29(31(36)34-28)30(23-10-6-5-7-11-23)33-24-15-13-22(14-16-24)27-12-8-3-4-9-19-32-27/h5-7,10-11,13-18,20-21,34-36H,3-4,8-9,12,19H2,1-2H3. The fourth-order valence-electron chi connectivity index (χ4n) is 4.77. The lowest BCUT2D eigenvalue weighted by Crippen LogP contribution is -2.22. The average molecular weight is 543 g/mol. The molecule has 1 aromatic heterocycles. The van der Waals surface area contributed by atoms with Crippen molar-refractivity contribution < 1.29 is 13.5 Å². The zero-order valence-electron chi connectivity index (χ0n) is 22.3. The third-order valence-electron chi connectivity index (χ3n) is 7.01. The predicted octanol–water partition coefficient (Wildman–Crippen LogP) is 6.95. The second-order valence-electron chi connectivity index (χ2n) is 10.2. The number of anilines is 1. The number of aromatic amines is 1. The van der Waals surface area contributed by atoms with E-state index in [9.17, 15) is 13.5 Å². The SMILES string of the molecule is CC(C)S(=O)(=O)Nc1ccc2[nH]c(O)c(C(=Nc3ccc(C4=NCCCCCC4)cc3)c3ccccc3)c2c1. The van der Waals surface area contributed by atoms with Gasteiger partial charge in [0.25, 0.3) is 0 Å². The topological polar surface area (TPSA) is 107 Å². The summed E-state index contributed by atoms with van der Waals surface area (Å²) in [6.07, 6.45) is 5.78. The summed E-state index contributed by atoms with van der Waals surface area (Å²) >= 11 is 0. The van der Waals surface area contributed by atoms with Crippen LogP contribution in [0.1, 0.15) is 62.6 Å². The number of H-pyrrole nitrogens is 1. The average Bonchev–Trinajstić information content (AvgIpc) is 3.22. The summed E-state index contributed by atoms with van der Waals surface area (Å²) in [4.78, 5) is 12.8. The summed E-state index contributed by atoms with van der Waals surface area (Å²) in [6, 6.07) is 22.9. The van der Waals surface area contributed by atoms with Crippen molar-refractivity contribution in [2.75, 3.05) is 11.3 Å². The molecule has 0 amide bonds. The Kier molecular flexibility index (Phi) is 7.84. The molecule has 202 valence electrons. The van der Waals surface area contributed by atoms with Gasteiger partial charge >= 0.3 is 0 Å². The monoisotopic (exact) mass is 542 g/mol. The zero-order valence-corrected chi connectivity index (χ0v) is 23.1. The van der Waals surface area contributed by atoms with Gasteiger partial charge in [-0.2, -0.15) is 0 Å². The molecule has 1 aliphatic rings. The number of fused-ring (bicyclic) bond motifs is 1. The Morgan fingerprint density at radius 1 is 0.974 bits per heavy atom. The van der Waals surface area contributed by atoms with Crippen LogP contribution in [0, 0.1) is 0 Å². The number of nitrogens with one attached hydrogen (secondary N) is 2. The molecule has 0 atom stereocenters. The van der Waals surface area contributed by atoms with Gasteiger partial charge in [-0.15, -0.1) is 0 Å². The van der Waals surface area contributed by atoms with Crippen molar-refractivity contribution in [2.45, 2.75) is 51.2 Å². The molecule has 7 nitrogen and oxygen atoms in total. The highest BCUT2D eigenvalue weighted by Gasteiger charge is 2.21. The highest BCUT2D eigenvalue weighted by molar-refractivity contribution is 7.93. The molecule has 0 saturated heterocycles. The number of aromatic nitrogens is 1. The minimum absolute atomic E-state index is 0.0306. The van der Waals surface area contributed by atoms with Crippen LogP contribution in [0.25, 0.3) is 10.9 Å². The Bertz CT molecular complexity index is 1620. The van der Waals surface area contributed by atoms with Crippen LogP contribution in [0.4, 0.5) is 11.4 Å². The molecular weight excluding hydrogens is 508 g/mol. The van der Waals surface area contributed by atoms with E-state index >= 15 is 0 Å². The maximum atomic E-state index is 12.5. The number of hydrogen-bond donors (Lipinski definition) is 3. The second-order valence-corrected chi connectivity index (χ2v) is 12.4. The van der Waals surface area contributed by atoms with Gasteiger partial charge in [-0.25, -0.2) is 13.4 Å². The Morgan fingerprint density at radius 3 is 2.46 bits per heavy atom. The van der Waals surface area contributed by atoms with Crippen molar-refractivity contribution in [1.82, 2.24) is 4.98 Å². The third kappa shape index (κ3) is 6.06. The van der Waals surface area contributed by atoms with E-state index in [1.807, 2.05) is 42.5 Å². The Hall–Kier alpha value is -3.91. The number of benzene rings is 3. The predicted molar refractivity (Wildman–Crippen MR) is 160 cm³/mol. The van der Waals surface area contributed by atoms with Crippen LogP contribution in [0.2, 0.25) is 0 Å². The van der Waals surface area contributed by atoms with E-state index in [1.165, 1.54) is 12.8 Å². The van der Waals surface area contributed by atoms with E-state index in [0.29, 0.717) is 27.9 Å². The molecule has 0 fully saturated rings. The van der Waals surface area contributed by atoms with Crippen molar-refractivity contribution in [3.05, 3.63) is 89.5 Å². The fraction of sp³-hybridized carbons (Fsp3) is 0.290. The summed E-state index contributed by atoms with van der Waals surface area (Å²) in [6.45, 7) is 4.13. The van der Waals surface area contributed by atoms with E-state index in [4.69, 9.17) is 9.98 Å². The summed E-state index contributed by atoms with van der Waals surface area (Å²) in [5.41, 5.74) is 6.04. The molecule has 0 unspecified atom stereocenters. The van der Waals surface area contributed by atoms with Crippen molar-refractivity contribution in [3.63, 3.8) is 0 Å². The molecule has 0 bridgehead atoms. The molecule has 0 saturated carbocycles. The van der Waals surface area contributed by atoms with Crippen LogP contribution in [0.3, 0.4) is 0 Å². The summed E-state index contributed by atoms with van der Waals surface area (Å²) in [5, 5.41) is 11.1. The first-order valence-electron chi connectivity index (χ1n) is 13.5. The molecule has 2 heterocycles. The highest BCUT2D eigenvalue weighted by Crippen LogP contribution is 2.33. The number of hydrogen-bond acceptors (Lipinski definition) is 5. The molecule has 0 aliphatic carbocycles. The third-order valence-corrected chi connectivity index (χ3v) is 8.77. The van der Waals surface area contributed by atoms with Crippen LogP contribution in [0.15, 0.2) is 82.8 Å². The molecule has 5 rings (SSSR count). The normalized spacial score (nSPS) is 15.2. The maximum Gasteiger partial charge on any atom is 0.235 e. The lowest BCUT2D eigenvalue weighted by molar-refractivity contribution is 0.457. The van der Waals surface area contributed by atoms with Gasteiger partial charge in [-0.3, -0.25) is 9.71 Å². The number of sulfonamides is 1. The van der Waals surface area contributed by atoms with E-state index in [-0.39, 0.29) is 5.88 Å². The molecule has 3 N–H and O–H groups in total. The van der Waals surface area contributed by atoms with Crippen LogP contribution >= 0.6 is 0 Å². The lowest BCUT2D eigenvalue weighted by atomic mass is 10.00. The second kappa shape index (κ2) is 11.5. The maximum absolute atomic E-state index is 12.5. The number of aliphatic imine (C=N–C) groups is 2. The van der Waals surface area contributed by atoms with Crippen LogP contribution in [-0.4, -0.2) is 41.7 Å². The molecular formula is C31H34N4O3S. The van der Waals surface area contributed by atoms with Gasteiger partial charge in [0.1, 0.15) is 0 Å². The smallest absolute Gasteiger partial charge is 0.235 e. The molecule has 39 heavy (non-hydrogen) atoms. The number of nitrogens with zero attached hydrogens (tertiary/aromatic N) is 2. The van der Waals surface area contributed by atoms with Gasteiger partial charge in [0.2, 0.25) is 10.0 Å². The summed E-state index contributed by atoms with van der Waals surface area (Å²) in [7, 11) is -3.53.